The van der Waals surface area contributed by atoms with Gasteiger partial charge in [0.15, 0.2) is 17.1 Å². The van der Waals surface area contributed by atoms with Gasteiger partial charge in [0.2, 0.25) is 5.91 Å². The molecule has 0 N–H and O–H groups in total. The zero-order chi connectivity index (χ0) is 20.2. The van der Waals surface area contributed by atoms with Gasteiger partial charge in [-0.25, -0.2) is 0 Å². The number of hydrogen-bond donors (Lipinski definition) is 0. The first-order valence-corrected chi connectivity index (χ1v) is 10.4. The Morgan fingerprint density at radius 2 is 2.10 bits per heavy atom. The molecule has 154 valence electrons. The number of oxime groups is 1. The molecule has 2 aromatic rings. The van der Waals surface area contributed by atoms with Gasteiger partial charge in [-0.05, 0) is 54.3 Å². The molecular weight excluding hydrogens is 392 g/mol. The predicted molar refractivity (Wildman–Crippen MR) is 110 cm³/mol. The monoisotopic (exact) mass is 416 g/mol. The van der Waals surface area contributed by atoms with E-state index in [0.717, 1.165) is 42.7 Å². The highest BCUT2D eigenvalue weighted by Gasteiger charge is 2.32. The van der Waals surface area contributed by atoms with E-state index < -0.39 is 0 Å². The van der Waals surface area contributed by atoms with Crippen molar-refractivity contribution in [2.75, 3.05) is 13.7 Å². The lowest BCUT2D eigenvalue weighted by atomic mass is 10.0. The highest BCUT2D eigenvalue weighted by molar-refractivity contribution is 6.29. The molecule has 1 atom stereocenters. The van der Waals surface area contributed by atoms with E-state index in [0.29, 0.717) is 30.5 Å². The third-order valence-corrected chi connectivity index (χ3v) is 5.74. The van der Waals surface area contributed by atoms with Crippen molar-refractivity contribution in [2.24, 2.45) is 11.1 Å². The van der Waals surface area contributed by atoms with Crippen LogP contribution in [0.5, 0.6) is 5.75 Å². The van der Waals surface area contributed by atoms with Gasteiger partial charge in [0, 0.05) is 18.9 Å². The standard InChI is InChI=1S/C22H25ClN2O4/c1-27-17-8-4-5-15(11-17)13-25(22(26)16-6-2-3-7-16)14-18-12-19(24-29-18)20-9-10-21(23)28-20/h4-5,8-11,16,18H,2-3,6-7,12-14H2,1H3. The van der Waals surface area contributed by atoms with Crippen molar-refractivity contribution in [1.82, 2.24) is 4.90 Å². The molecule has 1 unspecified atom stereocenters. The van der Waals surface area contributed by atoms with Gasteiger partial charge in [-0.3, -0.25) is 4.79 Å². The number of amides is 1. The SMILES string of the molecule is COc1cccc(CN(CC2CC(c3ccc(Cl)o3)=NO2)C(=O)C2CCCC2)c1. The van der Waals surface area contributed by atoms with E-state index in [1.165, 1.54) is 0 Å². The molecule has 1 fully saturated rings. The number of hydrogen-bond acceptors (Lipinski definition) is 5. The third kappa shape index (κ3) is 4.75. The molecule has 0 saturated heterocycles. The van der Waals surface area contributed by atoms with Crippen molar-refractivity contribution in [3.63, 3.8) is 0 Å². The molecule has 7 heteroatoms. The largest absolute Gasteiger partial charge is 0.497 e. The van der Waals surface area contributed by atoms with Gasteiger partial charge in [-0.2, -0.15) is 0 Å². The van der Waals surface area contributed by atoms with Gasteiger partial charge >= 0.3 is 0 Å². The van der Waals surface area contributed by atoms with Gasteiger partial charge in [-0.1, -0.05) is 30.1 Å². The predicted octanol–water partition coefficient (Wildman–Crippen LogP) is 4.65. The van der Waals surface area contributed by atoms with E-state index in [9.17, 15) is 4.79 Å². The highest BCUT2D eigenvalue weighted by atomic mass is 35.5. The van der Waals surface area contributed by atoms with Crippen molar-refractivity contribution in [3.05, 3.63) is 52.9 Å². The molecule has 0 radical (unpaired) electrons. The lowest BCUT2D eigenvalue weighted by molar-refractivity contribution is -0.137. The fraction of sp³-hybridized carbons (Fsp3) is 0.455. The number of halogens is 1. The minimum Gasteiger partial charge on any atom is -0.497 e. The maximum atomic E-state index is 13.2. The van der Waals surface area contributed by atoms with Crippen LogP contribution in [0, 0.1) is 5.92 Å². The second kappa shape index (κ2) is 8.91. The molecule has 2 aliphatic rings. The van der Waals surface area contributed by atoms with Crippen LogP contribution in [0.4, 0.5) is 0 Å². The zero-order valence-electron chi connectivity index (χ0n) is 16.5. The van der Waals surface area contributed by atoms with Crippen molar-refractivity contribution in [2.45, 2.75) is 44.8 Å². The number of carbonyl (C=O) groups excluding carboxylic acids is 1. The van der Waals surface area contributed by atoms with E-state index in [1.807, 2.05) is 29.2 Å². The Kier molecular flexibility index (Phi) is 6.09. The summed E-state index contributed by atoms with van der Waals surface area (Å²) in [6.45, 7) is 1.00. The van der Waals surface area contributed by atoms with Crippen LogP contribution in [0.25, 0.3) is 0 Å². The van der Waals surface area contributed by atoms with Crippen LogP contribution in [-0.2, 0) is 16.2 Å². The highest BCUT2D eigenvalue weighted by Crippen LogP contribution is 2.29. The molecule has 4 rings (SSSR count). The number of carbonyl (C=O) groups is 1. The molecule has 29 heavy (non-hydrogen) atoms. The number of furan rings is 1. The van der Waals surface area contributed by atoms with Gasteiger partial charge < -0.3 is 18.9 Å². The van der Waals surface area contributed by atoms with Crippen LogP contribution in [0.15, 0.2) is 46.0 Å². The fourth-order valence-corrected chi connectivity index (χ4v) is 4.19. The molecule has 1 amide bonds. The Morgan fingerprint density at radius 3 is 2.83 bits per heavy atom. The Labute approximate surface area is 175 Å². The summed E-state index contributed by atoms with van der Waals surface area (Å²) < 4.78 is 10.8. The summed E-state index contributed by atoms with van der Waals surface area (Å²) in [4.78, 5) is 20.7. The summed E-state index contributed by atoms with van der Waals surface area (Å²) in [5, 5.41) is 4.47. The molecule has 0 spiro atoms. The number of benzene rings is 1. The molecule has 1 aliphatic carbocycles. The quantitative estimate of drug-likeness (QED) is 0.658. The average molecular weight is 417 g/mol. The first-order chi connectivity index (χ1) is 14.1. The van der Waals surface area contributed by atoms with Gasteiger partial charge in [-0.15, -0.1) is 0 Å². The van der Waals surface area contributed by atoms with E-state index in [-0.39, 0.29) is 17.9 Å². The summed E-state index contributed by atoms with van der Waals surface area (Å²) in [5.74, 6) is 1.70. The Hall–Kier alpha value is -2.47. The smallest absolute Gasteiger partial charge is 0.226 e. The average Bonchev–Trinajstić information content (AvgIpc) is 3.49. The Bertz CT molecular complexity index is 888. The second-order valence-electron chi connectivity index (χ2n) is 7.62. The van der Waals surface area contributed by atoms with Gasteiger partial charge in [0.25, 0.3) is 0 Å². The van der Waals surface area contributed by atoms with Crippen molar-refractivity contribution < 1.29 is 18.8 Å². The van der Waals surface area contributed by atoms with Crippen LogP contribution < -0.4 is 4.74 Å². The number of rotatable bonds is 7. The Balaban J connectivity index is 1.46. The number of nitrogens with zero attached hydrogens (tertiary/aromatic N) is 2. The Morgan fingerprint density at radius 1 is 1.28 bits per heavy atom. The van der Waals surface area contributed by atoms with Crippen molar-refractivity contribution in [3.8, 4) is 5.75 Å². The van der Waals surface area contributed by atoms with E-state index in [2.05, 4.69) is 5.16 Å². The molecule has 1 saturated carbocycles. The number of methoxy groups -OCH3 is 1. The molecule has 6 nitrogen and oxygen atoms in total. The minimum absolute atomic E-state index is 0.103. The summed E-state index contributed by atoms with van der Waals surface area (Å²) in [7, 11) is 1.65. The summed E-state index contributed by atoms with van der Waals surface area (Å²) in [5.41, 5.74) is 1.75. The van der Waals surface area contributed by atoms with Crippen molar-refractivity contribution >= 4 is 23.2 Å². The van der Waals surface area contributed by atoms with Crippen LogP contribution in [-0.4, -0.2) is 36.3 Å². The normalized spacial score (nSPS) is 19.1. The summed E-state index contributed by atoms with van der Waals surface area (Å²) in [6, 6.07) is 11.3. The lowest BCUT2D eigenvalue weighted by Crippen LogP contribution is -2.40. The van der Waals surface area contributed by atoms with Gasteiger partial charge in [0.05, 0.1) is 13.7 Å². The molecule has 2 heterocycles. The van der Waals surface area contributed by atoms with Crippen LogP contribution in [0.1, 0.15) is 43.4 Å². The van der Waals surface area contributed by atoms with Crippen LogP contribution >= 0.6 is 11.6 Å². The maximum Gasteiger partial charge on any atom is 0.226 e. The van der Waals surface area contributed by atoms with Crippen LogP contribution in [0.3, 0.4) is 0 Å². The van der Waals surface area contributed by atoms with E-state index in [4.69, 9.17) is 25.6 Å². The van der Waals surface area contributed by atoms with E-state index in [1.54, 1.807) is 19.2 Å². The third-order valence-electron chi connectivity index (χ3n) is 5.54. The fourth-order valence-electron chi connectivity index (χ4n) is 4.04. The molecular formula is C22H25ClN2O4. The molecule has 1 aliphatic heterocycles. The molecule has 1 aromatic heterocycles. The lowest BCUT2D eigenvalue weighted by Gasteiger charge is -2.27. The summed E-state index contributed by atoms with van der Waals surface area (Å²) >= 11 is 5.86. The van der Waals surface area contributed by atoms with Gasteiger partial charge in [0.1, 0.15) is 11.5 Å². The van der Waals surface area contributed by atoms with Crippen LogP contribution in [0.2, 0.25) is 5.22 Å². The number of ether oxygens (including phenoxy) is 1. The zero-order valence-corrected chi connectivity index (χ0v) is 17.2. The minimum atomic E-state index is -0.204. The molecule has 0 bridgehead atoms. The van der Waals surface area contributed by atoms with E-state index >= 15 is 0 Å². The van der Waals surface area contributed by atoms with Crippen molar-refractivity contribution in [1.29, 1.82) is 0 Å². The topological polar surface area (TPSA) is 64.3 Å². The maximum absolute atomic E-state index is 13.2. The first-order valence-electron chi connectivity index (χ1n) is 10.0. The second-order valence-corrected chi connectivity index (χ2v) is 8.00. The first kappa shape index (κ1) is 19.8. The molecule has 1 aromatic carbocycles. The summed E-state index contributed by atoms with van der Waals surface area (Å²) in [6.07, 6.45) is 4.55.